The fourth-order valence-corrected chi connectivity index (χ4v) is 2.86. The fraction of sp³-hybridized carbons (Fsp3) is 0.750. The van der Waals surface area contributed by atoms with E-state index >= 15 is 0 Å². The summed E-state index contributed by atoms with van der Waals surface area (Å²) in [5, 5.41) is 3.91. The van der Waals surface area contributed by atoms with Gasteiger partial charge in [-0.3, -0.25) is 0 Å². The highest BCUT2D eigenvalue weighted by atomic mass is 32.2. The number of hydrogen-bond acceptors (Lipinski definition) is 5. The number of hydrogen-bond donors (Lipinski definition) is 1. The molecule has 1 rings (SSSR count). The normalized spacial score (nSPS) is 14.1. The lowest BCUT2D eigenvalue weighted by Gasteiger charge is -2.07. The zero-order chi connectivity index (χ0) is 11.5. The van der Waals surface area contributed by atoms with Gasteiger partial charge in [0.2, 0.25) is 0 Å². The molecule has 0 amide bonds. The molecule has 1 aromatic rings. The van der Waals surface area contributed by atoms with Crippen LogP contribution in [0.15, 0.2) is 6.33 Å². The maximum Gasteiger partial charge on any atom is 0.159 e. The Bertz CT molecular complexity index is 410. The lowest BCUT2D eigenvalue weighted by Crippen LogP contribution is -2.27. The third-order valence-corrected chi connectivity index (χ3v) is 3.59. The topological polar surface area (TPSA) is 90.9 Å². The van der Waals surface area contributed by atoms with Gasteiger partial charge in [-0.05, 0) is 13.8 Å². The Morgan fingerprint density at radius 1 is 1.60 bits per heavy atom. The van der Waals surface area contributed by atoms with Crippen molar-refractivity contribution >= 4 is 9.84 Å². The Kier molecular flexibility index (Phi) is 3.81. The molecule has 0 fully saturated rings. The quantitative estimate of drug-likeness (QED) is 0.743. The van der Waals surface area contributed by atoms with E-state index in [1.165, 1.54) is 6.33 Å². The van der Waals surface area contributed by atoms with Crippen LogP contribution in [0.1, 0.15) is 19.7 Å². The first-order valence-corrected chi connectivity index (χ1v) is 6.59. The van der Waals surface area contributed by atoms with Gasteiger partial charge in [0.05, 0.1) is 5.75 Å². The van der Waals surface area contributed by atoms with E-state index in [0.29, 0.717) is 12.4 Å². The van der Waals surface area contributed by atoms with E-state index in [-0.39, 0.29) is 17.5 Å². The number of nitrogens with two attached hydrogens (primary N) is 1. The van der Waals surface area contributed by atoms with E-state index in [4.69, 9.17) is 5.73 Å². The summed E-state index contributed by atoms with van der Waals surface area (Å²) in [5.41, 5.74) is 5.46. The van der Waals surface area contributed by atoms with Crippen molar-refractivity contribution in [3.05, 3.63) is 12.2 Å². The molecule has 2 N–H and O–H groups in total. The van der Waals surface area contributed by atoms with Crippen molar-refractivity contribution in [1.29, 1.82) is 0 Å². The van der Waals surface area contributed by atoms with Crippen LogP contribution in [0.5, 0.6) is 0 Å². The first-order valence-electron chi connectivity index (χ1n) is 4.77. The molecule has 0 bridgehead atoms. The summed E-state index contributed by atoms with van der Waals surface area (Å²) in [6, 6.07) is -0.354. The van der Waals surface area contributed by atoms with Gasteiger partial charge in [-0.2, -0.15) is 5.10 Å². The van der Waals surface area contributed by atoms with Crippen LogP contribution in [0, 0.1) is 0 Å². The molecule has 0 spiro atoms. The fourth-order valence-electron chi connectivity index (χ4n) is 1.32. The minimum Gasteiger partial charge on any atom is -0.327 e. The van der Waals surface area contributed by atoms with Crippen molar-refractivity contribution in [2.24, 2.45) is 5.73 Å². The molecule has 0 saturated heterocycles. The Labute approximate surface area is 89.4 Å². The van der Waals surface area contributed by atoms with E-state index in [1.807, 2.05) is 6.92 Å². The Morgan fingerprint density at radius 2 is 2.27 bits per heavy atom. The van der Waals surface area contributed by atoms with Gasteiger partial charge in [0.25, 0.3) is 0 Å². The summed E-state index contributed by atoms with van der Waals surface area (Å²) in [6.45, 7) is 4.17. The first kappa shape index (κ1) is 12.1. The predicted molar refractivity (Wildman–Crippen MR) is 56.8 cm³/mol. The monoisotopic (exact) mass is 232 g/mol. The lowest BCUT2D eigenvalue weighted by molar-refractivity contribution is 0.579. The highest BCUT2D eigenvalue weighted by Crippen LogP contribution is 2.04. The Morgan fingerprint density at radius 3 is 2.80 bits per heavy atom. The molecule has 0 aliphatic carbocycles. The van der Waals surface area contributed by atoms with E-state index in [9.17, 15) is 8.42 Å². The van der Waals surface area contributed by atoms with Crippen molar-refractivity contribution in [2.75, 3.05) is 5.75 Å². The molecule has 1 heterocycles. The molecule has 0 aromatic carbocycles. The number of rotatable bonds is 5. The van der Waals surface area contributed by atoms with Gasteiger partial charge in [0, 0.05) is 12.6 Å². The summed E-state index contributed by atoms with van der Waals surface area (Å²) >= 11 is 0. The molecule has 1 atom stereocenters. The van der Waals surface area contributed by atoms with E-state index in [0.717, 1.165) is 0 Å². The van der Waals surface area contributed by atoms with Crippen molar-refractivity contribution in [3.8, 4) is 0 Å². The maximum atomic E-state index is 11.6. The average Bonchev–Trinajstić information content (AvgIpc) is 2.48. The van der Waals surface area contributed by atoms with Gasteiger partial charge < -0.3 is 5.73 Å². The van der Waals surface area contributed by atoms with Crippen LogP contribution in [-0.2, 0) is 22.1 Å². The van der Waals surface area contributed by atoms with Gasteiger partial charge in [-0.1, -0.05) is 0 Å². The molecular formula is C8H16N4O2S. The van der Waals surface area contributed by atoms with Crippen LogP contribution in [0.3, 0.4) is 0 Å². The highest BCUT2D eigenvalue weighted by molar-refractivity contribution is 7.90. The second-order valence-electron chi connectivity index (χ2n) is 3.52. The summed E-state index contributed by atoms with van der Waals surface area (Å²) in [6.07, 6.45) is 1.36. The molecular weight excluding hydrogens is 216 g/mol. The summed E-state index contributed by atoms with van der Waals surface area (Å²) in [4.78, 5) is 3.91. The smallest absolute Gasteiger partial charge is 0.159 e. The molecule has 1 unspecified atom stereocenters. The Balaban J connectivity index is 2.77. The molecule has 0 aliphatic rings. The largest absolute Gasteiger partial charge is 0.327 e. The van der Waals surface area contributed by atoms with E-state index in [1.54, 1.807) is 11.6 Å². The van der Waals surface area contributed by atoms with Gasteiger partial charge in [-0.25, -0.2) is 18.1 Å². The zero-order valence-corrected chi connectivity index (χ0v) is 9.74. The summed E-state index contributed by atoms with van der Waals surface area (Å²) < 4.78 is 24.8. The number of aromatic nitrogens is 3. The summed E-state index contributed by atoms with van der Waals surface area (Å²) in [7, 11) is -3.18. The van der Waals surface area contributed by atoms with Crippen LogP contribution in [-0.4, -0.2) is 35.0 Å². The number of sulfone groups is 1. The maximum absolute atomic E-state index is 11.6. The minimum absolute atomic E-state index is 0.0242. The molecule has 1 aromatic heterocycles. The van der Waals surface area contributed by atoms with Crippen molar-refractivity contribution in [1.82, 2.24) is 14.8 Å². The molecule has 7 heteroatoms. The highest BCUT2D eigenvalue weighted by Gasteiger charge is 2.17. The summed E-state index contributed by atoms with van der Waals surface area (Å²) in [5.74, 6) is 0.351. The van der Waals surface area contributed by atoms with Gasteiger partial charge in [0.1, 0.15) is 17.9 Å². The van der Waals surface area contributed by atoms with Gasteiger partial charge >= 0.3 is 0 Å². The lowest BCUT2D eigenvalue weighted by atomic mass is 10.4. The van der Waals surface area contributed by atoms with Gasteiger partial charge in [-0.15, -0.1) is 0 Å². The van der Waals surface area contributed by atoms with Crippen LogP contribution < -0.4 is 5.73 Å². The average molecular weight is 232 g/mol. The second kappa shape index (κ2) is 4.71. The van der Waals surface area contributed by atoms with Crippen LogP contribution >= 0.6 is 0 Å². The zero-order valence-electron chi connectivity index (χ0n) is 8.92. The first-order chi connectivity index (χ1) is 6.94. The van der Waals surface area contributed by atoms with Gasteiger partial charge in [0.15, 0.2) is 9.84 Å². The molecule has 0 saturated carbocycles. The molecule has 0 radical (unpaired) electrons. The van der Waals surface area contributed by atoms with Crippen molar-refractivity contribution in [3.63, 3.8) is 0 Å². The molecule has 86 valence electrons. The van der Waals surface area contributed by atoms with Crippen LogP contribution in [0.4, 0.5) is 0 Å². The van der Waals surface area contributed by atoms with Crippen LogP contribution in [0.2, 0.25) is 0 Å². The van der Waals surface area contributed by atoms with E-state index < -0.39 is 9.84 Å². The molecule has 0 aliphatic heterocycles. The minimum atomic E-state index is -3.18. The van der Waals surface area contributed by atoms with Crippen molar-refractivity contribution < 1.29 is 8.42 Å². The van der Waals surface area contributed by atoms with E-state index in [2.05, 4.69) is 10.1 Å². The third-order valence-electron chi connectivity index (χ3n) is 1.86. The number of nitrogens with zero attached hydrogens (tertiary/aromatic N) is 3. The van der Waals surface area contributed by atoms with Crippen LogP contribution in [0.25, 0.3) is 0 Å². The number of aryl methyl sites for hydroxylation is 1. The SMILES string of the molecule is CCn1ncnc1CS(=O)(=O)CC(C)N. The van der Waals surface area contributed by atoms with Crippen molar-refractivity contribution in [2.45, 2.75) is 32.2 Å². The third kappa shape index (κ3) is 3.60. The second-order valence-corrected chi connectivity index (χ2v) is 5.63. The molecule has 6 nitrogen and oxygen atoms in total. The molecule has 15 heavy (non-hydrogen) atoms. The Hall–Kier alpha value is -0.950. The predicted octanol–water partition coefficient (Wildman–Crippen LogP) is -0.440. The standard InChI is InChI=1S/C8H16N4O2S/c1-3-12-8(10-6-11-12)5-15(13,14)4-7(2)9/h6-7H,3-5,9H2,1-2H3.